The van der Waals surface area contributed by atoms with Crippen LogP contribution in [0, 0.1) is 13.7 Å². The van der Waals surface area contributed by atoms with Crippen molar-refractivity contribution in [2.75, 3.05) is 0 Å². The van der Waals surface area contributed by atoms with E-state index in [1.165, 1.54) is 18.3 Å². The number of ether oxygens (including phenoxy) is 1. The van der Waals surface area contributed by atoms with E-state index in [4.69, 9.17) is 16.3 Å². The summed E-state index contributed by atoms with van der Waals surface area (Å²) in [5.41, 5.74) is 4.22. The number of hydrazone groups is 1. The standard InChI is InChI=1S/C22H16BrClIN3O4/c23-18-9-15(10-19(24)22(18)32-13-14-5-7-17(25)8-6-14)12-26-27-21(29)11-16-3-1-2-4-20(16)28(30)31/h1-10,12H,11,13H2,(H,27,29)/b26-12+. The highest BCUT2D eigenvalue weighted by Crippen LogP contribution is 2.34. The molecule has 0 heterocycles. The molecule has 0 aliphatic heterocycles. The summed E-state index contributed by atoms with van der Waals surface area (Å²) in [5, 5.41) is 15.3. The number of nitrogens with zero attached hydrogens (tertiary/aromatic N) is 2. The highest BCUT2D eigenvalue weighted by molar-refractivity contribution is 14.1. The SMILES string of the molecule is O=C(Cc1ccccc1[N+](=O)[O-])N/N=C/c1cc(Cl)c(OCc2ccc(I)cc2)c(Br)c1. The summed E-state index contributed by atoms with van der Waals surface area (Å²) in [4.78, 5) is 22.6. The van der Waals surface area contributed by atoms with Gasteiger partial charge >= 0.3 is 0 Å². The van der Waals surface area contributed by atoms with Gasteiger partial charge in [-0.3, -0.25) is 14.9 Å². The molecule has 1 N–H and O–H groups in total. The molecule has 0 aromatic heterocycles. The monoisotopic (exact) mass is 627 g/mol. The molecule has 0 atom stereocenters. The lowest BCUT2D eigenvalue weighted by atomic mass is 10.1. The zero-order chi connectivity index (χ0) is 23.1. The Balaban J connectivity index is 1.60. The summed E-state index contributed by atoms with van der Waals surface area (Å²) >= 11 is 12.0. The van der Waals surface area contributed by atoms with Gasteiger partial charge in [0.2, 0.25) is 5.91 Å². The summed E-state index contributed by atoms with van der Waals surface area (Å²) in [6, 6.07) is 17.5. The molecular formula is C22H16BrClIN3O4. The summed E-state index contributed by atoms with van der Waals surface area (Å²) in [5.74, 6) is 0.0287. The van der Waals surface area contributed by atoms with Crippen molar-refractivity contribution in [1.82, 2.24) is 5.43 Å². The van der Waals surface area contributed by atoms with Crippen molar-refractivity contribution in [2.45, 2.75) is 13.0 Å². The molecule has 32 heavy (non-hydrogen) atoms. The maximum Gasteiger partial charge on any atom is 0.273 e. The second-order valence-corrected chi connectivity index (χ2v) is 9.09. The first-order chi connectivity index (χ1) is 15.3. The van der Waals surface area contributed by atoms with Gasteiger partial charge in [-0.1, -0.05) is 41.9 Å². The minimum absolute atomic E-state index is 0.108. The molecule has 0 radical (unpaired) electrons. The van der Waals surface area contributed by atoms with Gasteiger partial charge in [-0.25, -0.2) is 5.43 Å². The molecule has 0 aliphatic rings. The van der Waals surface area contributed by atoms with Gasteiger partial charge in [0, 0.05) is 15.2 Å². The van der Waals surface area contributed by atoms with E-state index in [-0.39, 0.29) is 12.1 Å². The van der Waals surface area contributed by atoms with Gasteiger partial charge in [0.05, 0.1) is 27.1 Å². The molecule has 164 valence electrons. The fourth-order valence-electron chi connectivity index (χ4n) is 2.76. The molecule has 0 saturated heterocycles. The van der Waals surface area contributed by atoms with E-state index in [0.29, 0.717) is 33.0 Å². The number of benzene rings is 3. The van der Waals surface area contributed by atoms with E-state index in [9.17, 15) is 14.9 Å². The number of hydrogen-bond donors (Lipinski definition) is 1. The minimum atomic E-state index is -0.520. The lowest BCUT2D eigenvalue weighted by molar-refractivity contribution is -0.385. The van der Waals surface area contributed by atoms with Crippen LogP contribution in [0.3, 0.4) is 0 Å². The molecule has 3 aromatic carbocycles. The second-order valence-electron chi connectivity index (χ2n) is 6.58. The van der Waals surface area contributed by atoms with Crippen LogP contribution in [0.25, 0.3) is 0 Å². The first kappa shape index (κ1) is 24.1. The Labute approximate surface area is 211 Å². The molecule has 7 nitrogen and oxygen atoms in total. The van der Waals surface area contributed by atoms with E-state index in [1.807, 2.05) is 24.3 Å². The molecule has 1 amide bonds. The van der Waals surface area contributed by atoms with Crippen molar-refractivity contribution >= 4 is 67.9 Å². The van der Waals surface area contributed by atoms with E-state index in [1.54, 1.807) is 24.3 Å². The molecule has 0 spiro atoms. The number of para-hydroxylation sites is 1. The van der Waals surface area contributed by atoms with Gasteiger partial charge in [0.15, 0.2) is 5.75 Å². The topological polar surface area (TPSA) is 93.8 Å². The maximum absolute atomic E-state index is 12.1. The van der Waals surface area contributed by atoms with E-state index < -0.39 is 10.8 Å². The number of nitro groups is 1. The number of carbonyl (C=O) groups excluding carboxylic acids is 1. The fourth-order valence-corrected chi connectivity index (χ4v) is 4.11. The van der Waals surface area contributed by atoms with Crippen LogP contribution in [-0.2, 0) is 17.8 Å². The van der Waals surface area contributed by atoms with Crippen molar-refractivity contribution < 1.29 is 14.5 Å². The molecule has 0 bridgehead atoms. The van der Waals surface area contributed by atoms with Crippen LogP contribution in [0.15, 0.2) is 70.2 Å². The van der Waals surface area contributed by atoms with Crippen molar-refractivity contribution in [3.63, 3.8) is 0 Å². The highest BCUT2D eigenvalue weighted by atomic mass is 127. The van der Waals surface area contributed by atoms with Gasteiger partial charge in [-0.15, -0.1) is 0 Å². The number of halogens is 3. The summed E-state index contributed by atoms with van der Waals surface area (Å²) < 4.78 is 7.62. The van der Waals surface area contributed by atoms with Gasteiger partial charge in [0.25, 0.3) is 5.69 Å². The molecule has 0 unspecified atom stereocenters. The largest absolute Gasteiger partial charge is 0.486 e. The molecule has 10 heteroatoms. The second kappa shape index (κ2) is 11.4. The van der Waals surface area contributed by atoms with Gasteiger partial charge < -0.3 is 4.74 Å². The summed E-state index contributed by atoms with van der Waals surface area (Å²) in [6.07, 6.45) is 1.26. The Kier molecular flexibility index (Phi) is 8.60. The van der Waals surface area contributed by atoms with Crippen LogP contribution in [0.1, 0.15) is 16.7 Å². The number of carbonyl (C=O) groups is 1. The lowest BCUT2D eigenvalue weighted by Crippen LogP contribution is -2.20. The Morgan fingerprint density at radius 1 is 1.22 bits per heavy atom. The van der Waals surface area contributed by atoms with E-state index in [0.717, 1.165) is 9.13 Å². The van der Waals surface area contributed by atoms with Crippen molar-refractivity contribution in [3.05, 3.63) is 101 Å². The maximum atomic E-state index is 12.1. The quantitative estimate of drug-likeness (QED) is 0.146. The minimum Gasteiger partial charge on any atom is -0.486 e. The average Bonchev–Trinajstić information content (AvgIpc) is 2.74. The van der Waals surface area contributed by atoms with E-state index in [2.05, 4.69) is 49.0 Å². The lowest BCUT2D eigenvalue weighted by Gasteiger charge is -2.11. The first-order valence-electron chi connectivity index (χ1n) is 9.24. The van der Waals surface area contributed by atoms with Crippen molar-refractivity contribution in [3.8, 4) is 5.75 Å². The van der Waals surface area contributed by atoms with Crippen LogP contribution < -0.4 is 10.2 Å². The molecular weight excluding hydrogens is 613 g/mol. The normalized spacial score (nSPS) is 10.8. The third-order valence-electron chi connectivity index (χ3n) is 4.26. The highest BCUT2D eigenvalue weighted by Gasteiger charge is 2.15. The van der Waals surface area contributed by atoms with Gasteiger partial charge in [0.1, 0.15) is 6.61 Å². The van der Waals surface area contributed by atoms with Crippen molar-refractivity contribution in [2.24, 2.45) is 5.10 Å². The smallest absolute Gasteiger partial charge is 0.273 e. The zero-order valence-electron chi connectivity index (χ0n) is 16.4. The van der Waals surface area contributed by atoms with Crippen LogP contribution in [0.2, 0.25) is 5.02 Å². The third kappa shape index (κ3) is 6.75. The molecule has 3 rings (SSSR count). The third-order valence-corrected chi connectivity index (χ3v) is 5.85. The van der Waals surface area contributed by atoms with Gasteiger partial charge in [-0.2, -0.15) is 5.10 Å². The molecule has 0 saturated carbocycles. The number of amides is 1. The Bertz CT molecular complexity index is 1150. The summed E-state index contributed by atoms with van der Waals surface area (Å²) in [7, 11) is 0. The van der Waals surface area contributed by atoms with Gasteiger partial charge in [-0.05, 0) is 73.9 Å². The van der Waals surface area contributed by atoms with Crippen LogP contribution >= 0.6 is 50.1 Å². The number of nitro benzene ring substituents is 1. The average molecular weight is 629 g/mol. The number of hydrogen-bond acceptors (Lipinski definition) is 5. The zero-order valence-corrected chi connectivity index (χ0v) is 20.9. The molecule has 0 fully saturated rings. The van der Waals surface area contributed by atoms with Crippen LogP contribution in [0.4, 0.5) is 5.69 Å². The van der Waals surface area contributed by atoms with Crippen LogP contribution in [-0.4, -0.2) is 17.0 Å². The first-order valence-corrected chi connectivity index (χ1v) is 11.5. The Morgan fingerprint density at radius 3 is 2.62 bits per heavy atom. The Hall–Kier alpha value is -2.50. The molecule has 3 aromatic rings. The summed E-state index contributed by atoms with van der Waals surface area (Å²) in [6.45, 7) is 0.365. The number of nitrogens with one attached hydrogen (secondary N) is 1. The van der Waals surface area contributed by atoms with E-state index >= 15 is 0 Å². The predicted octanol–water partition coefficient (Wildman–Crippen LogP) is 5.89. The number of rotatable bonds is 8. The van der Waals surface area contributed by atoms with Crippen LogP contribution in [0.5, 0.6) is 5.75 Å². The van der Waals surface area contributed by atoms with Crippen molar-refractivity contribution in [1.29, 1.82) is 0 Å². The Morgan fingerprint density at radius 2 is 1.94 bits per heavy atom. The molecule has 0 aliphatic carbocycles. The fraction of sp³-hybridized carbons (Fsp3) is 0.0909. The predicted molar refractivity (Wildman–Crippen MR) is 135 cm³/mol.